The summed E-state index contributed by atoms with van der Waals surface area (Å²) in [5, 5.41) is 0. The molecule has 0 bridgehead atoms. The van der Waals surface area contributed by atoms with Gasteiger partial charge >= 0.3 is 6.09 Å². The van der Waals surface area contributed by atoms with E-state index >= 15 is 0 Å². The predicted molar refractivity (Wildman–Crippen MR) is 96.0 cm³/mol. The number of fused-ring (bicyclic) bond motifs is 1. The van der Waals surface area contributed by atoms with E-state index in [4.69, 9.17) is 15.2 Å². The Morgan fingerprint density at radius 1 is 1.27 bits per heavy atom. The molecule has 1 amide bonds. The molecule has 3 saturated heterocycles. The lowest BCUT2D eigenvalue weighted by atomic mass is 10.2. The summed E-state index contributed by atoms with van der Waals surface area (Å²) < 4.78 is 10.9. The lowest BCUT2D eigenvalue weighted by molar-refractivity contribution is 0.0363. The monoisotopic (exact) mass is 362 g/mol. The van der Waals surface area contributed by atoms with Crippen molar-refractivity contribution in [1.82, 2.24) is 19.8 Å². The highest BCUT2D eigenvalue weighted by atomic mass is 16.6. The summed E-state index contributed by atoms with van der Waals surface area (Å²) in [6.45, 7) is 8.39. The van der Waals surface area contributed by atoms with Gasteiger partial charge in [0.2, 0.25) is 5.95 Å². The quantitative estimate of drug-likeness (QED) is 0.788. The van der Waals surface area contributed by atoms with Gasteiger partial charge in [0.1, 0.15) is 11.9 Å². The van der Waals surface area contributed by atoms with Crippen LogP contribution in [0.4, 0.5) is 16.6 Å². The predicted octanol–water partition coefficient (Wildman–Crippen LogP) is 0.0989. The fraction of sp³-hybridized carbons (Fsp3) is 0.706. The number of ether oxygens (including phenoxy) is 2. The second kappa shape index (κ2) is 7.24. The summed E-state index contributed by atoms with van der Waals surface area (Å²) >= 11 is 0. The molecule has 3 aliphatic heterocycles. The number of nitrogens with zero attached hydrogens (tertiary/aromatic N) is 5. The number of aryl methyl sites for hydroxylation is 1. The summed E-state index contributed by atoms with van der Waals surface area (Å²) in [7, 11) is 0. The number of hydrogen-bond donors (Lipinski definition) is 1. The van der Waals surface area contributed by atoms with Gasteiger partial charge in [-0.2, -0.15) is 4.98 Å². The lowest BCUT2D eigenvalue weighted by Gasteiger charge is -2.28. The number of rotatable bonds is 5. The highest BCUT2D eigenvalue weighted by Crippen LogP contribution is 2.29. The minimum Gasteiger partial charge on any atom is -0.442 e. The molecule has 3 aliphatic rings. The van der Waals surface area contributed by atoms with Crippen LogP contribution in [-0.4, -0.2) is 90.5 Å². The van der Waals surface area contributed by atoms with Crippen LogP contribution in [0.5, 0.6) is 0 Å². The van der Waals surface area contributed by atoms with Gasteiger partial charge in [0, 0.05) is 44.5 Å². The summed E-state index contributed by atoms with van der Waals surface area (Å²) in [6, 6.07) is 0.0540. The van der Waals surface area contributed by atoms with E-state index in [1.807, 2.05) is 16.7 Å². The smallest absolute Gasteiger partial charge is 0.410 e. The second-order valence-electron chi connectivity index (χ2n) is 7.13. The number of anilines is 2. The first-order valence-corrected chi connectivity index (χ1v) is 9.23. The lowest BCUT2D eigenvalue weighted by Crippen LogP contribution is -2.41. The van der Waals surface area contributed by atoms with Gasteiger partial charge in [0.25, 0.3) is 0 Å². The van der Waals surface area contributed by atoms with Crippen LogP contribution in [0.15, 0.2) is 6.20 Å². The number of carbonyl (C=O) groups is 1. The Kier molecular flexibility index (Phi) is 4.82. The Balaban J connectivity index is 1.34. The highest BCUT2D eigenvalue weighted by Gasteiger charge is 2.48. The first-order valence-electron chi connectivity index (χ1n) is 9.23. The molecule has 2 N–H and O–H groups in total. The van der Waals surface area contributed by atoms with Crippen LogP contribution in [0.3, 0.4) is 0 Å². The van der Waals surface area contributed by atoms with Crippen LogP contribution in [-0.2, 0) is 9.47 Å². The van der Waals surface area contributed by atoms with Crippen molar-refractivity contribution in [3.63, 3.8) is 0 Å². The number of carbonyl (C=O) groups excluding carboxylic acids is 1. The van der Waals surface area contributed by atoms with Crippen molar-refractivity contribution in [1.29, 1.82) is 0 Å². The van der Waals surface area contributed by atoms with Crippen LogP contribution < -0.4 is 10.6 Å². The number of nitrogens with two attached hydrogens (primary N) is 1. The largest absolute Gasteiger partial charge is 0.442 e. The minimum atomic E-state index is -0.203. The topological polar surface area (TPSA) is 97.1 Å². The molecule has 142 valence electrons. The van der Waals surface area contributed by atoms with E-state index in [1.54, 1.807) is 6.20 Å². The first-order chi connectivity index (χ1) is 12.6. The molecule has 4 heterocycles. The summed E-state index contributed by atoms with van der Waals surface area (Å²) in [5.74, 6) is 1.10. The first kappa shape index (κ1) is 17.3. The van der Waals surface area contributed by atoms with Crippen molar-refractivity contribution >= 4 is 17.9 Å². The zero-order chi connectivity index (χ0) is 18.1. The van der Waals surface area contributed by atoms with Crippen molar-refractivity contribution in [2.24, 2.45) is 0 Å². The number of amides is 1. The maximum Gasteiger partial charge on any atom is 0.410 e. The summed E-state index contributed by atoms with van der Waals surface area (Å²) in [5.41, 5.74) is 6.77. The zero-order valence-corrected chi connectivity index (χ0v) is 15.1. The third-order valence-corrected chi connectivity index (χ3v) is 5.38. The van der Waals surface area contributed by atoms with Crippen molar-refractivity contribution in [3.8, 4) is 0 Å². The van der Waals surface area contributed by atoms with Crippen LogP contribution >= 0.6 is 0 Å². The average Bonchev–Trinajstić information content (AvgIpc) is 3.17. The Labute approximate surface area is 153 Å². The SMILES string of the molecule is Cc1cnc(N2C[C@H]3OC(=O)N(CCCN4CCOCC4)[C@H]3C2)nc1N. The Bertz CT molecular complexity index is 666. The molecule has 2 atom stereocenters. The van der Waals surface area contributed by atoms with E-state index in [1.165, 1.54) is 0 Å². The van der Waals surface area contributed by atoms with Gasteiger partial charge in [-0.15, -0.1) is 0 Å². The van der Waals surface area contributed by atoms with Gasteiger partial charge in [0.05, 0.1) is 25.8 Å². The molecule has 0 unspecified atom stereocenters. The number of morpholine rings is 1. The molecule has 9 heteroatoms. The summed E-state index contributed by atoms with van der Waals surface area (Å²) in [6.07, 6.45) is 2.34. The van der Waals surface area contributed by atoms with Crippen molar-refractivity contribution in [2.45, 2.75) is 25.5 Å². The molecule has 0 aromatic carbocycles. The molecule has 9 nitrogen and oxygen atoms in total. The van der Waals surface area contributed by atoms with Crippen molar-refractivity contribution in [3.05, 3.63) is 11.8 Å². The van der Waals surface area contributed by atoms with Gasteiger partial charge in [0.15, 0.2) is 0 Å². The van der Waals surface area contributed by atoms with Gasteiger partial charge < -0.3 is 20.1 Å². The second-order valence-corrected chi connectivity index (χ2v) is 7.13. The van der Waals surface area contributed by atoms with Gasteiger partial charge in [-0.1, -0.05) is 0 Å². The van der Waals surface area contributed by atoms with E-state index in [0.29, 0.717) is 31.4 Å². The number of aromatic nitrogens is 2. The maximum absolute atomic E-state index is 12.2. The third-order valence-electron chi connectivity index (χ3n) is 5.38. The van der Waals surface area contributed by atoms with Gasteiger partial charge in [-0.25, -0.2) is 9.78 Å². The third kappa shape index (κ3) is 3.41. The summed E-state index contributed by atoms with van der Waals surface area (Å²) in [4.78, 5) is 27.2. The Hall–Kier alpha value is -2.13. The van der Waals surface area contributed by atoms with E-state index in [2.05, 4.69) is 14.9 Å². The Morgan fingerprint density at radius 2 is 2.08 bits per heavy atom. The molecule has 1 aromatic heterocycles. The van der Waals surface area contributed by atoms with E-state index < -0.39 is 0 Å². The van der Waals surface area contributed by atoms with E-state index in [-0.39, 0.29) is 18.2 Å². The zero-order valence-electron chi connectivity index (χ0n) is 15.1. The minimum absolute atomic E-state index is 0.0540. The molecule has 0 spiro atoms. The normalized spacial score (nSPS) is 26.3. The van der Waals surface area contributed by atoms with Crippen LogP contribution in [0.1, 0.15) is 12.0 Å². The fourth-order valence-corrected chi connectivity index (χ4v) is 3.81. The fourth-order valence-electron chi connectivity index (χ4n) is 3.81. The maximum atomic E-state index is 12.2. The number of nitrogen functional groups attached to an aromatic ring is 1. The molecule has 4 rings (SSSR count). The van der Waals surface area contributed by atoms with Crippen molar-refractivity contribution in [2.75, 3.05) is 63.1 Å². The molecule has 1 aromatic rings. The molecule has 0 radical (unpaired) electrons. The molecule has 0 saturated carbocycles. The van der Waals surface area contributed by atoms with E-state index in [0.717, 1.165) is 44.8 Å². The van der Waals surface area contributed by atoms with Crippen LogP contribution in [0.2, 0.25) is 0 Å². The van der Waals surface area contributed by atoms with Gasteiger partial charge in [-0.3, -0.25) is 9.80 Å². The average molecular weight is 362 g/mol. The molecule has 0 aliphatic carbocycles. The standard InChI is InChI=1S/C17H26N6O3/c1-12-9-19-16(20-15(12)18)22-10-13-14(11-22)26-17(24)23(13)4-2-3-21-5-7-25-8-6-21/h9,13-14H,2-8,10-11H2,1H3,(H2,18,19,20)/t13-,14+/m0/s1. The van der Waals surface area contributed by atoms with Crippen molar-refractivity contribution < 1.29 is 14.3 Å². The Morgan fingerprint density at radius 3 is 2.85 bits per heavy atom. The van der Waals surface area contributed by atoms with Crippen LogP contribution in [0, 0.1) is 6.92 Å². The molecule has 3 fully saturated rings. The molecule has 26 heavy (non-hydrogen) atoms. The van der Waals surface area contributed by atoms with E-state index in [9.17, 15) is 4.79 Å². The number of hydrogen-bond acceptors (Lipinski definition) is 8. The molecular weight excluding hydrogens is 336 g/mol. The molecular formula is C17H26N6O3. The van der Waals surface area contributed by atoms with Crippen LogP contribution in [0.25, 0.3) is 0 Å². The highest BCUT2D eigenvalue weighted by molar-refractivity contribution is 5.71. The van der Waals surface area contributed by atoms with Gasteiger partial charge in [-0.05, 0) is 13.3 Å².